The first-order valence-electron chi connectivity index (χ1n) is 13.8. The maximum Gasteiger partial charge on any atom is 0.413 e. The van der Waals surface area contributed by atoms with Crippen molar-refractivity contribution in [3.05, 3.63) is 11.1 Å². The molecule has 0 aliphatic carbocycles. The molecule has 2 aliphatic heterocycles. The lowest BCUT2D eigenvalue weighted by Gasteiger charge is -2.45. The number of rotatable bonds is 10. The molecule has 0 radical (unpaired) electrons. The molecule has 4 amide bonds. The zero-order chi connectivity index (χ0) is 34.1. The summed E-state index contributed by atoms with van der Waals surface area (Å²) in [5.74, 6) is -3.31. The van der Waals surface area contributed by atoms with Crippen molar-refractivity contribution in [1.82, 2.24) is 19.5 Å². The van der Waals surface area contributed by atoms with Crippen LogP contribution in [0.2, 0.25) is 0 Å². The Morgan fingerprint density at radius 3 is 2.24 bits per heavy atom. The molecule has 1 aromatic heterocycles. The number of hydrogen-bond donors (Lipinski definition) is 3. The van der Waals surface area contributed by atoms with Crippen LogP contribution < -0.4 is 10.6 Å². The lowest BCUT2D eigenvalue weighted by atomic mass is 9.97. The average molecular weight is 675 g/mol. The van der Waals surface area contributed by atoms with E-state index in [0.29, 0.717) is 13.0 Å². The Morgan fingerprint density at radius 1 is 1.09 bits per heavy atom. The first kappa shape index (κ1) is 35.6. The number of β-lactam (4-membered cyclic amide) rings is 1. The molecular formula is C26H38N6O11S2. The number of anilines is 1. The van der Waals surface area contributed by atoms with Crippen molar-refractivity contribution in [2.45, 2.75) is 97.1 Å². The second kappa shape index (κ2) is 12.9. The fourth-order valence-electron chi connectivity index (χ4n) is 4.11. The van der Waals surface area contributed by atoms with Gasteiger partial charge in [0, 0.05) is 24.9 Å². The molecule has 19 heteroatoms. The maximum absolute atomic E-state index is 13.6. The van der Waals surface area contributed by atoms with Gasteiger partial charge in [-0.1, -0.05) is 5.16 Å². The van der Waals surface area contributed by atoms with Crippen molar-refractivity contribution in [2.24, 2.45) is 5.16 Å². The van der Waals surface area contributed by atoms with Gasteiger partial charge in [0.25, 0.3) is 11.8 Å². The number of ether oxygens (including phenoxy) is 2. The number of carbonyl (C=O) groups excluding carboxylic acids is 5. The van der Waals surface area contributed by atoms with E-state index in [4.69, 9.17) is 14.3 Å². The summed E-state index contributed by atoms with van der Waals surface area (Å²) in [6, 6.07) is -2.81. The number of nitrogens with zero attached hydrogens (tertiary/aromatic N) is 4. The van der Waals surface area contributed by atoms with Crippen LogP contribution in [0.4, 0.5) is 9.93 Å². The normalized spacial score (nSPS) is 19.6. The van der Waals surface area contributed by atoms with E-state index in [-0.39, 0.29) is 34.0 Å². The number of carbonyl (C=O) groups is 5. The van der Waals surface area contributed by atoms with E-state index >= 15 is 0 Å². The monoisotopic (exact) mass is 674 g/mol. The molecule has 0 unspecified atom stereocenters. The molecule has 3 N–H and O–H groups in total. The SMILES string of the molecule is CC(C)(C)OC(=O)Nc1nc(C(=NOC(C)(C)C(=O)OC(C)(C)C)C(=O)N[C@@H]2C(=O)N(S(=O)(=O)O)[C@@H]2CN2CCCC2=O)cs1. The Labute approximate surface area is 264 Å². The smallest absolute Gasteiger partial charge is 0.413 e. The second-order valence-corrected chi connectivity index (χ2v) is 14.9. The van der Waals surface area contributed by atoms with Crippen LogP contribution in [-0.4, -0.2) is 105 Å². The van der Waals surface area contributed by atoms with Gasteiger partial charge in [-0.2, -0.15) is 8.42 Å². The summed E-state index contributed by atoms with van der Waals surface area (Å²) in [6.07, 6.45) is -0.0689. The molecule has 17 nitrogen and oxygen atoms in total. The van der Waals surface area contributed by atoms with Gasteiger partial charge in [0.15, 0.2) is 10.8 Å². The largest absolute Gasteiger partial charge is 0.457 e. The fourth-order valence-corrected chi connectivity index (χ4v) is 5.66. The lowest BCUT2D eigenvalue weighted by molar-refractivity contribution is -0.179. The van der Waals surface area contributed by atoms with Crippen molar-refractivity contribution in [2.75, 3.05) is 18.4 Å². The molecule has 0 spiro atoms. The zero-order valence-electron chi connectivity index (χ0n) is 26.2. The molecular weight excluding hydrogens is 636 g/mol. The Kier molecular flexibility index (Phi) is 10.2. The van der Waals surface area contributed by atoms with Crippen LogP contribution >= 0.6 is 11.3 Å². The van der Waals surface area contributed by atoms with Crippen molar-refractivity contribution in [1.29, 1.82) is 0 Å². The molecule has 45 heavy (non-hydrogen) atoms. The van der Waals surface area contributed by atoms with Crippen molar-refractivity contribution >= 4 is 62.3 Å². The molecule has 0 aromatic carbocycles. The molecule has 2 aliphatic rings. The van der Waals surface area contributed by atoms with Gasteiger partial charge in [0.1, 0.15) is 22.9 Å². The number of nitrogens with one attached hydrogen (secondary N) is 2. The predicted octanol–water partition coefficient (Wildman–Crippen LogP) is 1.45. The molecule has 250 valence electrons. The highest BCUT2D eigenvalue weighted by atomic mass is 32.2. The van der Waals surface area contributed by atoms with Crippen LogP contribution in [0.25, 0.3) is 0 Å². The number of oxime groups is 1. The van der Waals surface area contributed by atoms with Crippen molar-refractivity contribution < 1.29 is 51.3 Å². The summed E-state index contributed by atoms with van der Waals surface area (Å²) in [5, 5.41) is 10.0. The van der Waals surface area contributed by atoms with Crippen LogP contribution in [0, 0.1) is 0 Å². The van der Waals surface area contributed by atoms with E-state index < -0.39 is 68.8 Å². The molecule has 3 rings (SSSR count). The van der Waals surface area contributed by atoms with Crippen molar-refractivity contribution in [3.8, 4) is 0 Å². The summed E-state index contributed by atoms with van der Waals surface area (Å²) in [6.45, 7) is 12.7. The Morgan fingerprint density at radius 2 is 1.71 bits per heavy atom. The Hall–Kier alpha value is -3.84. The average Bonchev–Trinajstić information content (AvgIpc) is 3.47. The third-order valence-corrected chi connectivity index (χ3v) is 7.81. The molecule has 3 heterocycles. The molecule has 0 bridgehead atoms. The number of likely N-dealkylation sites (tertiary alicyclic amines) is 1. The summed E-state index contributed by atoms with van der Waals surface area (Å²) >= 11 is 0.899. The summed E-state index contributed by atoms with van der Waals surface area (Å²) in [4.78, 5) is 74.5. The molecule has 0 saturated carbocycles. The highest BCUT2D eigenvalue weighted by Gasteiger charge is 2.55. The second-order valence-electron chi connectivity index (χ2n) is 12.8. The van der Waals surface area contributed by atoms with Gasteiger partial charge in [-0.05, 0) is 61.8 Å². The number of esters is 1. The zero-order valence-corrected chi connectivity index (χ0v) is 27.8. The van der Waals surface area contributed by atoms with Crippen LogP contribution in [0.5, 0.6) is 0 Å². The van der Waals surface area contributed by atoms with Gasteiger partial charge in [0.2, 0.25) is 11.5 Å². The van der Waals surface area contributed by atoms with Gasteiger partial charge in [0.05, 0.1) is 6.04 Å². The summed E-state index contributed by atoms with van der Waals surface area (Å²) < 4.78 is 44.2. The quantitative estimate of drug-likeness (QED) is 0.105. The first-order valence-corrected chi connectivity index (χ1v) is 16.1. The van der Waals surface area contributed by atoms with E-state index in [1.165, 1.54) is 24.1 Å². The topological polar surface area (TPSA) is 223 Å². The van der Waals surface area contributed by atoms with Crippen LogP contribution in [0.1, 0.15) is 73.9 Å². The van der Waals surface area contributed by atoms with Crippen LogP contribution in [0.3, 0.4) is 0 Å². The highest BCUT2D eigenvalue weighted by molar-refractivity contribution is 7.84. The lowest BCUT2D eigenvalue weighted by Crippen LogP contribution is -2.74. The minimum absolute atomic E-state index is 0.00819. The number of amides is 4. The summed E-state index contributed by atoms with van der Waals surface area (Å²) in [7, 11) is -5.01. The van der Waals surface area contributed by atoms with E-state index in [1.54, 1.807) is 41.5 Å². The van der Waals surface area contributed by atoms with Gasteiger partial charge >= 0.3 is 22.4 Å². The number of aromatic nitrogens is 1. The highest BCUT2D eigenvalue weighted by Crippen LogP contribution is 2.27. The van der Waals surface area contributed by atoms with Gasteiger partial charge in [-0.15, -0.1) is 11.3 Å². The third kappa shape index (κ3) is 9.33. The van der Waals surface area contributed by atoms with Gasteiger partial charge in [-0.3, -0.25) is 24.3 Å². The van der Waals surface area contributed by atoms with Crippen molar-refractivity contribution in [3.63, 3.8) is 0 Å². The number of hydrogen-bond acceptors (Lipinski definition) is 13. The van der Waals surface area contributed by atoms with Gasteiger partial charge in [-0.25, -0.2) is 18.9 Å². The van der Waals surface area contributed by atoms with E-state index in [2.05, 4.69) is 20.8 Å². The van der Waals surface area contributed by atoms with Crippen LogP contribution in [0.15, 0.2) is 10.5 Å². The number of thiazole rings is 1. The summed E-state index contributed by atoms with van der Waals surface area (Å²) in [5.41, 5.74) is -4.07. The van der Waals surface area contributed by atoms with E-state index in [0.717, 1.165) is 11.3 Å². The first-order chi connectivity index (χ1) is 20.5. The predicted molar refractivity (Wildman–Crippen MR) is 159 cm³/mol. The third-order valence-electron chi connectivity index (χ3n) is 6.11. The Balaban J connectivity index is 1.92. The molecule has 2 atom stereocenters. The van der Waals surface area contributed by atoms with E-state index in [9.17, 15) is 36.9 Å². The molecule has 1 aromatic rings. The van der Waals surface area contributed by atoms with Crippen LogP contribution in [-0.2, 0) is 43.8 Å². The maximum atomic E-state index is 13.6. The standard InChI is InChI=1S/C26H38N6O11S2/c1-24(2,3)41-21(36)26(7,8)43-30-17(14-13-44-22(27-14)29-23(37)42-25(4,5)6)19(34)28-18-15(12-31-11-9-10-16(31)33)32(20(18)35)45(38,39)40/h13,15,18H,9-12H2,1-8H3,(H,28,34)(H,27,29,37)(H,38,39,40)/t15-,18+/m1/s1. The van der Waals surface area contributed by atoms with Gasteiger partial charge < -0.3 is 24.5 Å². The molecule has 2 saturated heterocycles. The molecule has 2 fully saturated rings. The Bertz CT molecular complexity index is 1490. The fraction of sp³-hybridized carbons (Fsp3) is 0.654. The minimum atomic E-state index is -5.01. The minimum Gasteiger partial charge on any atom is -0.457 e. The van der Waals surface area contributed by atoms with E-state index in [1.807, 2.05) is 0 Å².